The normalized spacial score (nSPS) is 31.7. The molecule has 0 bridgehead atoms. The van der Waals surface area contributed by atoms with E-state index in [4.69, 9.17) is 9.84 Å². The lowest BCUT2D eigenvalue weighted by Gasteiger charge is -2.38. The summed E-state index contributed by atoms with van der Waals surface area (Å²) in [7, 11) is 0. The van der Waals surface area contributed by atoms with Crippen LogP contribution in [0.25, 0.3) is 0 Å². The van der Waals surface area contributed by atoms with Crippen LogP contribution in [0.3, 0.4) is 0 Å². The van der Waals surface area contributed by atoms with Gasteiger partial charge in [0.2, 0.25) is 0 Å². The zero-order chi connectivity index (χ0) is 20.4. The average Bonchev–Trinajstić information content (AvgIpc) is 2.56. The fourth-order valence-corrected chi connectivity index (χ4v) is 3.74. The number of aliphatic imine (C=N–C) groups is 1. The Labute approximate surface area is 154 Å². The Hall–Kier alpha value is -1.93. The molecule has 1 N–H and O–H groups in total. The Kier molecular flexibility index (Phi) is 6.32. The Morgan fingerprint density at radius 1 is 1.41 bits per heavy atom. The molecule has 27 heavy (non-hydrogen) atoms. The van der Waals surface area contributed by atoms with Crippen molar-refractivity contribution in [2.45, 2.75) is 64.3 Å². The van der Waals surface area contributed by atoms with Crippen molar-refractivity contribution in [3.8, 4) is 0 Å². The number of carbonyl (C=O) groups excluding carboxylic acids is 1. The number of carboxylic acids is 1. The highest BCUT2D eigenvalue weighted by Gasteiger charge is 2.46. The van der Waals surface area contributed by atoms with Gasteiger partial charge >= 0.3 is 18.1 Å². The number of aliphatic carboxylic acids is 1. The van der Waals surface area contributed by atoms with Gasteiger partial charge in [-0.3, -0.25) is 9.79 Å². The van der Waals surface area contributed by atoms with Crippen molar-refractivity contribution in [3.05, 3.63) is 11.1 Å². The first kappa shape index (κ1) is 21.4. The molecule has 9 heteroatoms. The van der Waals surface area contributed by atoms with Gasteiger partial charge in [-0.2, -0.15) is 13.2 Å². The minimum absolute atomic E-state index is 0.0464. The minimum Gasteiger partial charge on any atom is -0.478 e. The maximum absolute atomic E-state index is 14.6. The number of halogens is 4. The summed E-state index contributed by atoms with van der Waals surface area (Å²) < 4.78 is 59.0. The predicted molar refractivity (Wildman–Crippen MR) is 89.2 cm³/mol. The van der Waals surface area contributed by atoms with Gasteiger partial charge in [-0.1, -0.05) is 0 Å². The second-order valence-electron chi connectivity index (χ2n) is 7.37. The number of dihydropyridines is 1. The number of esters is 1. The summed E-state index contributed by atoms with van der Waals surface area (Å²) in [5.41, 5.74) is -2.94. The van der Waals surface area contributed by atoms with Gasteiger partial charge in [0.25, 0.3) is 0 Å². The lowest BCUT2D eigenvalue weighted by atomic mass is 9.69. The van der Waals surface area contributed by atoms with E-state index in [0.717, 1.165) is 6.21 Å². The highest BCUT2D eigenvalue weighted by atomic mass is 19.4. The molecule has 0 aromatic rings. The second kappa shape index (κ2) is 7.98. The fourth-order valence-electron chi connectivity index (χ4n) is 3.74. The molecule has 152 valence electrons. The molecule has 4 atom stereocenters. The quantitative estimate of drug-likeness (QED) is 0.568. The number of alkyl halides is 4. The van der Waals surface area contributed by atoms with E-state index in [1.807, 2.05) is 0 Å². The zero-order valence-corrected chi connectivity index (χ0v) is 15.2. The van der Waals surface area contributed by atoms with Crippen molar-refractivity contribution in [3.63, 3.8) is 0 Å². The van der Waals surface area contributed by atoms with Gasteiger partial charge in [0, 0.05) is 12.6 Å². The number of nitrogens with zero attached hydrogens (tertiary/aromatic N) is 1. The lowest BCUT2D eigenvalue weighted by Crippen LogP contribution is -2.40. The number of carboxylic acid groups (broad SMARTS) is 1. The Morgan fingerprint density at radius 2 is 2.07 bits per heavy atom. The van der Waals surface area contributed by atoms with Gasteiger partial charge < -0.3 is 9.84 Å². The van der Waals surface area contributed by atoms with Crippen LogP contribution in [0.15, 0.2) is 16.1 Å². The summed E-state index contributed by atoms with van der Waals surface area (Å²) in [5.74, 6) is -2.68. The Bertz CT molecular complexity index is 658. The molecule has 2 rings (SSSR count). The van der Waals surface area contributed by atoms with Gasteiger partial charge in [-0.05, 0) is 45.4 Å². The van der Waals surface area contributed by atoms with Crippen molar-refractivity contribution in [1.82, 2.24) is 0 Å². The van der Waals surface area contributed by atoms with E-state index in [0.29, 0.717) is 12.8 Å². The summed E-state index contributed by atoms with van der Waals surface area (Å²) in [6.45, 7) is 3.50. The Morgan fingerprint density at radius 3 is 2.59 bits per heavy atom. The highest BCUT2D eigenvalue weighted by Crippen LogP contribution is 2.44. The topological polar surface area (TPSA) is 76.0 Å². The van der Waals surface area contributed by atoms with Crippen molar-refractivity contribution in [2.24, 2.45) is 16.3 Å². The summed E-state index contributed by atoms with van der Waals surface area (Å²) in [6, 6.07) is -0.833. The number of hydrogen-bond acceptors (Lipinski definition) is 4. The van der Waals surface area contributed by atoms with Crippen LogP contribution in [0, 0.1) is 11.3 Å². The fraction of sp³-hybridized carbons (Fsp3) is 0.722. The van der Waals surface area contributed by atoms with Crippen LogP contribution in [0.5, 0.6) is 0 Å². The van der Waals surface area contributed by atoms with Crippen molar-refractivity contribution >= 4 is 18.2 Å². The molecule has 0 radical (unpaired) electrons. The monoisotopic (exact) mass is 393 g/mol. The van der Waals surface area contributed by atoms with Crippen LogP contribution in [-0.2, 0) is 14.3 Å². The van der Waals surface area contributed by atoms with E-state index in [9.17, 15) is 27.2 Å². The molecular formula is C18H23F4NO4. The molecule has 0 amide bonds. The van der Waals surface area contributed by atoms with Crippen molar-refractivity contribution in [1.29, 1.82) is 0 Å². The summed E-state index contributed by atoms with van der Waals surface area (Å²) in [5, 5.41) is 8.92. The van der Waals surface area contributed by atoms with E-state index >= 15 is 0 Å². The number of hydrogen-bond donors (Lipinski definition) is 1. The minimum atomic E-state index is -4.78. The van der Waals surface area contributed by atoms with Crippen molar-refractivity contribution < 1.29 is 37.0 Å². The molecule has 1 aliphatic carbocycles. The SMILES string of the molecule is CCOC(=O)C1(C)CCC(CC2CC(C(F)(F)F)=C(C(=O)O)C=N2)C(F)C1. The zero-order valence-electron chi connectivity index (χ0n) is 15.2. The molecule has 0 aromatic heterocycles. The first-order valence-electron chi connectivity index (χ1n) is 8.86. The molecule has 1 aliphatic heterocycles. The third-order valence-corrected chi connectivity index (χ3v) is 5.32. The molecule has 5 nitrogen and oxygen atoms in total. The third kappa shape index (κ3) is 4.87. The van der Waals surface area contributed by atoms with E-state index in [1.165, 1.54) is 0 Å². The molecule has 1 heterocycles. The van der Waals surface area contributed by atoms with Gasteiger partial charge in [-0.15, -0.1) is 0 Å². The summed E-state index contributed by atoms with van der Waals surface area (Å²) in [6.07, 6.45) is -5.25. The van der Waals surface area contributed by atoms with E-state index in [-0.39, 0.29) is 19.4 Å². The van der Waals surface area contributed by atoms with E-state index < -0.39 is 59.2 Å². The Balaban J connectivity index is 2.04. The smallest absolute Gasteiger partial charge is 0.413 e. The molecule has 0 saturated heterocycles. The lowest BCUT2D eigenvalue weighted by molar-refractivity contribution is -0.158. The van der Waals surface area contributed by atoms with Crippen LogP contribution < -0.4 is 0 Å². The van der Waals surface area contributed by atoms with Gasteiger partial charge in [-0.25, -0.2) is 9.18 Å². The van der Waals surface area contributed by atoms with E-state index in [2.05, 4.69) is 4.99 Å². The van der Waals surface area contributed by atoms with Gasteiger partial charge in [0.15, 0.2) is 0 Å². The molecule has 0 spiro atoms. The molecular weight excluding hydrogens is 370 g/mol. The molecule has 1 saturated carbocycles. The van der Waals surface area contributed by atoms with Gasteiger partial charge in [0.1, 0.15) is 6.17 Å². The third-order valence-electron chi connectivity index (χ3n) is 5.32. The van der Waals surface area contributed by atoms with Crippen LogP contribution in [0.4, 0.5) is 17.6 Å². The number of ether oxygens (including phenoxy) is 1. The molecule has 4 unspecified atom stereocenters. The first-order valence-corrected chi connectivity index (χ1v) is 8.86. The summed E-state index contributed by atoms with van der Waals surface area (Å²) >= 11 is 0. The van der Waals surface area contributed by atoms with Crippen LogP contribution >= 0.6 is 0 Å². The molecule has 1 fully saturated rings. The first-order chi connectivity index (χ1) is 12.5. The van der Waals surface area contributed by atoms with Crippen LogP contribution in [-0.4, -0.2) is 48.3 Å². The second-order valence-corrected chi connectivity index (χ2v) is 7.37. The predicted octanol–water partition coefficient (Wildman–Crippen LogP) is 3.87. The largest absolute Gasteiger partial charge is 0.478 e. The van der Waals surface area contributed by atoms with Crippen molar-refractivity contribution in [2.75, 3.05) is 6.61 Å². The highest BCUT2D eigenvalue weighted by molar-refractivity contribution is 6.10. The van der Waals surface area contributed by atoms with Crippen LogP contribution in [0.2, 0.25) is 0 Å². The van der Waals surface area contributed by atoms with E-state index in [1.54, 1.807) is 13.8 Å². The van der Waals surface area contributed by atoms with Crippen LogP contribution in [0.1, 0.15) is 46.0 Å². The standard InChI is InChI=1S/C18H23F4NO4/c1-3-27-16(26)17(2)5-4-10(14(19)8-17)6-11-7-13(18(20,21)22)12(9-23-11)15(24)25/h9-11,14H,3-8H2,1-2H3,(H,24,25). The average molecular weight is 393 g/mol. The number of rotatable bonds is 5. The van der Waals surface area contributed by atoms with Gasteiger partial charge in [0.05, 0.1) is 29.2 Å². The maximum atomic E-state index is 14.6. The summed E-state index contributed by atoms with van der Waals surface area (Å²) in [4.78, 5) is 26.9. The molecule has 0 aromatic carbocycles. The maximum Gasteiger partial charge on any atom is 0.413 e. The number of carbonyl (C=O) groups is 2. The molecule has 2 aliphatic rings.